The molecule has 2 rings (SSSR count). The second-order valence-corrected chi connectivity index (χ2v) is 7.41. The number of nitrogens with zero attached hydrogens (tertiary/aromatic N) is 1. The highest BCUT2D eigenvalue weighted by Gasteiger charge is 2.42. The van der Waals surface area contributed by atoms with Gasteiger partial charge in [-0.3, -0.25) is 0 Å². The van der Waals surface area contributed by atoms with Gasteiger partial charge in [0.1, 0.15) is 10.6 Å². The molecule has 1 aromatic rings. The first-order valence-corrected chi connectivity index (χ1v) is 8.05. The van der Waals surface area contributed by atoms with Gasteiger partial charge < -0.3 is 10.5 Å². The SMILES string of the molecule is CCOC1(c2nc(C)c(CN)s2)CCC(C)(C)CC1. The van der Waals surface area contributed by atoms with Gasteiger partial charge in [-0.25, -0.2) is 4.98 Å². The average molecular weight is 282 g/mol. The average Bonchev–Trinajstić information content (AvgIpc) is 2.74. The van der Waals surface area contributed by atoms with Crippen LogP contribution in [0.3, 0.4) is 0 Å². The summed E-state index contributed by atoms with van der Waals surface area (Å²) in [4.78, 5) is 5.95. The third kappa shape index (κ3) is 3.01. The summed E-state index contributed by atoms with van der Waals surface area (Å²) in [6, 6.07) is 0. The highest BCUT2D eigenvalue weighted by Crippen LogP contribution is 2.48. The van der Waals surface area contributed by atoms with Crippen LogP contribution in [0.1, 0.15) is 62.0 Å². The van der Waals surface area contributed by atoms with Crippen molar-refractivity contribution in [3.8, 4) is 0 Å². The summed E-state index contributed by atoms with van der Waals surface area (Å²) in [6.07, 6.45) is 4.54. The second kappa shape index (κ2) is 5.51. The summed E-state index contributed by atoms with van der Waals surface area (Å²) in [5, 5.41) is 1.14. The van der Waals surface area contributed by atoms with Gasteiger partial charge in [-0.15, -0.1) is 11.3 Å². The van der Waals surface area contributed by atoms with E-state index in [-0.39, 0.29) is 5.60 Å². The molecule has 0 amide bonds. The molecular formula is C15H26N2OS. The van der Waals surface area contributed by atoms with Crippen molar-refractivity contribution < 1.29 is 4.74 Å². The number of ether oxygens (including phenoxy) is 1. The number of aromatic nitrogens is 1. The molecule has 1 heterocycles. The predicted octanol–water partition coefficient (Wildman–Crippen LogP) is 3.74. The smallest absolute Gasteiger partial charge is 0.125 e. The number of thiazole rings is 1. The van der Waals surface area contributed by atoms with Crippen molar-refractivity contribution in [2.75, 3.05) is 6.61 Å². The lowest BCUT2D eigenvalue weighted by molar-refractivity contribution is -0.0890. The Balaban J connectivity index is 2.29. The summed E-state index contributed by atoms with van der Waals surface area (Å²) in [6.45, 7) is 10.1. The van der Waals surface area contributed by atoms with Crippen LogP contribution in [0, 0.1) is 12.3 Å². The molecule has 0 bridgehead atoms. The number of hydrogen-bond donors (Lipinski definition) is 1. The first kappa shape index (κ1) is 14.9. The van der Waals surface area contributed by atoms with E-state index in [0.717, 1.165) is 30.2 Å². The van der Waals surface area contributed by atoms with Gasteiger partial charge in [0, 0.05) is 18.0 Å². The maximum absolute atomic E-state index is 6.17. The van der Waals surface area contributed by atoms with Gasteiger partial charge in [0.2, 0.25) is 0 Å². The van der Waals surface area contributed by atoms with Crippen LogP contribution < -0.4 is 5.73 Å². The lowest BCUT2D eigenvalue weighted by atomic mass is 9.71. The molecule has 1 aliphatic rings. The minimum atomic E-state index is -0.160. The molecule has 1 aliphatic carbocycles. The lowest BCUT2D eigenvalue weighted by Crippen LogP contribution is -2.37. The fraction of sp³-hybridized carbons (Fsp3) is 0.800. The summed E-state index contributed by atoms with van der Waals surface area (Å²) in [5.41, 5.74) is 7.13. The molecular weight excluding hydrogens is 256 g/mol. The van der Waals surface area contributed by atoms with Crippen LogP contribution in [0.15, 0.2) is 0 Å². The van der Waals surface area contributed by atoms with Gasteiger partial charge in [0.15, 0.2) is 0 Å². The summed E-state index contributed by atoms with van der Waals surface area (Å²) in [7, 11) is 0. The molecule has 19 heavy (non-hydrogen) atoms. The largest absolute Gasteiger partial charge is 0.368 e. The molecule has 2 N–H and O–H groups in total. The van der Waals surface area contributed by atoms with E-state index < -0.39 is 0 Å². The Bertz CT molecular complexity index is 429. The Morgan fingerprint density at radius 3 is 2.37 bits per heavy atom. The molecule has 0 saturated heterocycles. The van der Waals surface area contributed by atoms with E-state index in [1.165, 1.54) is 17.7 Å². The monoisotopic (exact) mass is 282 g/mol. The van der Waals surface area contributed by atoms with Crippen molar-refractivity contribution in [3.63, 3.8) is 0 Å². The number of rotatable bonds is 4. The van der Waals surface area contributed by atoms with Crippen LogP contribution in [0.25, 0.3) is 0 Å². The molecule has 0 unspecified atom stereocenters. The Morgan fingerprint density at radius 2 is 1.89 bits per heavy atom. The minimum Gasteiger partial charge on any atom is -0.368 e. The van der Waals surface area contributed by atoms with Crippen molar-refractivity contribution in [1.29, 1.82) is 0 Å². The fourth-order valence-electron chi connectivity index (χ4n) is 2.84. The molecule has 0 aliphatic heterocycles. The van der Waals surface area contributed by atoms with Crippen molar-refractivity contribution in [3.05, 3.63) is 15.6 Å². The lowest BCUT2D eigenvalue weighted by Gasteiger charge is -2.42. The summed E-state index contributed by atoms with van der Waals surface area (Å²) < 4.78 is 6.17. The van der Waals surface area contributed by atoms with Crippen LogP contribution >= 0.6 is 11.3 Å². The van der Waals surface area contributed by atoms with Crippen LogP contribution in [0.4, 0.5) is 0 Å². The van der Waals surface area contributed by atoms with E-state index in [4.69, 9.17) is 15.5 Å². The molecule has 0 radical (unpaired) electrons. The highest BCUT2D eigenvalue weighted by molar-refractivity contribution is 7.11. The molecule has 108 valence electrons. The number of nitrogens with two attached hydrogens (primary N) is 1. The second-order valence-electron chi connectivity index (χ2n) is 6.32. The Hall–Kier alpha value is -0.450. The van der Waals surface area contributed by atoms with Crippen molar-refractivity contribution in [2.45, 2.75) is 65.5 Å². The highest BCUT2D eigenvalue weighted by atomic mass is 32.1. The van der Waals surface area contributed by atoms with Crippen molar-refractivity contribution in [2.24, 2.45) is 11.1 Å². The third-order valence-corrected chi connectivity index (χ3v) is 5.66. The normalized spacial score (nSPS) is 21.5. The van der Waals surface area contributed by atoms with E-state index in [0.29, 0.717) is 12.0 Å². The molecule has 1 aromatic heterocycles. The minimum absolute atomic E-state index is 0.160. The molecule has 4 heteroatoms. The van der Waals surface area contributed by atoms with Crippen molar-refractivity contribution >= 4 is 11.3 Å². The quantitative estimate of drug-likeness (QED) is 0.915. The van der Waals surface area contributed by atoms with Gasteiger partial charge in [-0.1, -0.05) is 13.8 Å². The van der Waals surface area contributed by atoms with Gasteiger partial charge in [0.05, 0.1) is 5.69 Å². The zero-order valence-electron chi connectivity index (χ0n) is 12.6. The zero-order valence-corrected chi connectivity index (χ0v) is 13.4. The molecule has 3 nitrogen and oxygen atoms in total. The van der Waals surface area contributed by atoms with Crippen LogP contribution in [0.5, 0.6) is 0 Å². The summed E-state index contributed by atoms with van der Waals surface area (Å²) in [5.74, 6) is 0. The van der Waals surface area contributed by atoms with E-state index in [2.05, 4.69) is 27.7 Å². The van der Waals surface area contributed by atoms with Gasteiger partial charge >= 0.3 is 0 Å². The van der Waals surface area contributed by atoms with E-state index in [1.54, 1.807) is 11.3 Å². The van der Waals surface area contributed by atoms with Crippen LogP contribution in [-0.4, -0.2) is 11.6 Å². The van der Waals surface area contributed by atoms with Crippen LogP contribution in [0.2, 0.25) is 0 Å². The van der Waals surface area contributed by atoms with E-state index >= 15 is 0 Å². The standard InChI is InChI=1S/C15H26N2OS/c1-5-18-15(8-6-14(3,4)7-9-15)13-17-11(2)12(10-16)19-13/h5-10,16H2,1-4H3. The van der Waals surface area contributed by atoms with E-state index in [9.17, 15) is 0 Å². The topological polar surface area (TPSA) is 48.1 Å². The third-order valence-electron chi connectivity index (χ3n) is 4.30. The fourth-order valence-corrected chi connectivity index (χ4v) is 3.98. The molecule has 1 fully saturated rings. The number of aryl methyl sites for hydroxylation is 1. The van der Waals surface area contributed by atoms with Crippen LogP contribution in [-0.2, 0) is 16.9 Å². The maximum Gasteiger partial charge on any atom is 0.125 e. The number of hydrogen-bond acceptors (Lipinski definition) is 4. The molecule has 1 saturated carbocycles. The Kier molecular flexibility index (Phi) is 4.33. The molecule has 0 atom stereocenters. The Morgan fingerprint density at radius 1 is 1.26 bits per heavy atom. The van der Waals surface area contributed by atoms with E-state index in [1.807, 2.05) is 0 Å². The predicted molar refractivity (Wildman–Crippen MR) is 80.3 cm³/mol. The van der Waals surface area contributed by atoms with Crippen molar-refractivity contribution in [1.82, 2.24) is 4.98 Å². The maximum atomic E-state index is 6.17. The van der Waals surface area contributed by atoms with Gasteiger partial charge in [-0.05, 0) is 44.9 Å². The molecule has 0 aromatic carbocycles. The van der Waals surface area contributed by atoms with Gasteiger partial charge in [0.25, 0.3) is 0 Å². The first-order valence-electron chi connectivity index (χ1n) is 7.23. The first-order chi connectivity index (χ1) is 8.92. The zero-order chi connectivity index (χ0) is 14.1. The molecule has 0 spiro atoms. The Labute approximate surface area is 120 Å². The van der Waals surface area contributed by atoms with Gasteiger partial charge in [-0.2, -0.15) is 0 Å². The summed E-state index contributed by atoms with van der Waals surface area (Å²) >= 11 is 1.74.